The van der Waals surface area contributed by atoms with Crippen LogP contribution in [0.5, 0.6) is 0 Å². The number of hydrogen-bond acceptors (Lipinski definition) is 0. The summed E-state index contributed by atoms with van der Waals surface area (Å²) in [5.74, 6) is 0.195. The fraction of sp³-hybridized carbons (Fsp3) is 0.0625. The molecule has 0 radical (unpaired) electrons. The molecule has 1 aliphatic carbocycles. The Labute approximate surface area is 187 Å². The molecule has 1 aliphatic rings. The second-order valence-corrected chi connectivity index (χ2v) is 8.95. The standard InChI is InChI=1S/C32H22/c1-20-16-17-21-8-2-4-12-24(21)29(20)32-28-15-7-11-23-10-6-14-26(30(23)28)27-19-18-22-9-3-5-13-25(22)31(27)32/h2-19,32H,1H3. The van der Waals surface area contributed by atoms with Crippen molar-refractivity contribution in [2.24, 2.45) is 0 Å². The van der Waals surface area contributed by atoms with Gasteiger partial charge in [-0.3, -0.25) is 0 Å². The molecule has 0 aliphatic heterocycles. The van der Waals surface area contributed by atoms with Gasteiger partial charge in [-0.25, -0.2) is 0 Å². The molecule has 1 atom stereocenters. The highest BCUT2D eigenvalue weighted by Gasteiger charge is 2.31. The van der Waals surface area contributed by atoms with Crippen molar-refractivity contribution in [1.29, 1.82) is 0 Å². The van der Waals surface area contributed by atoms with Gasteiger partial charge in [0, 0.05) is 5.92 Å². The van der Waals surface area contributed by atoms with Gasteiger partial charge < -0.3 is 0 Å². The first-order valence-electron chi connectivity index (χ1n) is 11.3. The molecule has 0 heteroatoms. The molecule has 1 unspecified atom stereocenters. The van der Waals surface area contributed by atoms with Crippen LogP contribution in [0.15, 0.2) is 109 Å². The zero-order valence-corrected chi connectivity index (χ0v) is 18.0. The van der Waals surface area contributed by atoms with E-state index in [1.165, 1.54) is 65.7 Å². The first-order valence-corrected chi connectivity index (χ1v) is 11.3. The lowest BCUT2D eigenvalue weighted by atomic mass is 9.71. The van der Waals surface area contributed by atoms with Crippen molar-refractivity contribution in [2.45, 2.75) is 12.8 Å². The largest absolute Gasteiger partial charge is 0.0616 e. The van der Waals surface area contributed by atoms with Crippen LogP contribution in [0.25, 0.3) is 43.4 Å². The minimum atomic E-state index is 0.195. The van der Waals surface area contributed by atoms with E-state index in [9.17, 15) is 0 Å². The van der Waals surface area contributed by atoms with Crippen LogP contribution in [0.1, 0.15) is 28.2 Å². The summed E-state index contributed by atoms with van der Waals surface area (Å²) in [6.07, 6.45) is 0. The summed E-state index contributed by atoms with van der Waals surface area (Å²) in [6.45, 7) is 2.27. The lowest BCUT2D eigenvalue weighted by Gasteiger charge is -2.32. The van der Waals surface area contributed by atoms with E-state index in [1.807, 2.05) is 0 Å². The highest BCUT2D eigenvalue weighted by Crippen LogP contribution is 2.51. The van der Waals surface area contributed by atoms with Gasteiger partial charge in [-0.15, -0.1) is 0 Å². The summed E-state index contributed by atoms with van der Waals surface area (Å²) in [7, 11) is 0. The molecule has 0 saturated carbocycles. The van der Waals surface area contributed by atoms with E-state index in [0.29, 0.717) is 0 Å². The molecule has 0 N–H and O–H groups in total. The lowest BCUT2D eigenvalue weighted by Crippen LogP contribution is -2.13. The zero-order chi connectivity index (χ0) is 21.2. The van der Waals surface area contributed by atoms with Gasteiger partial charge in [0.25, 0.3) is 0 Å². The monoisotopic (exact) mass is 406 g/mol. The van der Waals surface area contributed by atoms with Crippen LogP contribution in [0.3, 0.4) is 0 Å². The average Bonchev–Trinajstić information content (AvgIpc) is 2.85. The van der Waals surface area contributed by atoms with Crippen LogP contribution < -0.4 is 0 Å². The fourth-order valence-corrected chi connectivity index (χ4v) is 5.92. The van der Waals surface area contributed by atoms with E-state index >= 15 is 0 Å². The van der Waals surface area contributed by atoms with Gasteiger partial charge >= 0.3 is 0 Å². The number of aryl methyl sites for hydroxylation is 1. The molecular weight excluding hydrogens is 384 g/mol. The van der Waals surface area contributed by atoms with E-state index in [1.54, 1.807) is 0 Å². The van der Waals surface area contributed by atoms with Crippen LogP contribution >= 0.6 is 0 Å². The van der Waals surface area contributed by atoms with Crippen molar-refractivity contribution in [3.05, 3.63) is 131 Å². The van der Waals surface area contributed by atoms with E-state index < -0.39 is 0 Å². The molecular formula is C32H22. The number of benzene rings is 6. The molecule has 0 nitrogen and oxygen atoms in total. The second kappa shape index (κ2) is 6.55. The van der Waals surface area contributed by atoms with Crippen LogP contribution in [0.4, 0.5) is 0 Å². The molecule has 6 aromatic rings. The minimum Gasteiger partial charge on any atom is -0.0616 e. The molecule has 0 amide bonds. The normalized spacial score (nSPS) is 14.7. The zero-order valence-electron chi connectivity index (χ0n) is 18.0. The highest BCUT2D eigenvalue weighted by atomic mass is 14.3. The molecule has 0 bridgehead atoms. The highest BCUT2D eigenvalue weighted by molar-refractivity contribution is 6.07. The topological polar surface area (TPSA) is 0 Å². The molecule has 0 spiro atoms. The third-order valence-corrected chi connectivity index (χ3v) is 7.27. The lowest BCUT2D eigenvalue weighted by molar-refractivity contribution is 0.992. The quantitative estimate of drug-likeness (QED) is 0.256. The maximum Gasteiger partial charge on any atom is 0.0367 e. The molecule has 7 rings (SSSR count). The molecule has 0 fully saturated rings. The first kappa shape index (κ1) is 17.7. The van der Waals surface area contributed by atoms with Crippen molar-refractivity contribution < 1.29 is 0 Å². The summed E-state index contributed by atoms with van der Waals surface area (Å²) in [6, 6.07) is 40.5. The molecule has 0 saturated heterocycles. The summed E-state index contributed by atoms with van der Waals surface area (Å²) < 4.78 is 0. The Kier molecular flexibility index (Phi) is 3.63. The third-order valence-electron chi connectivity index (χ3n) is 7.27. The van der Waals surface area contributed by atoms with Gasteiger partial charge in [0.2, 0.25) is 0 Å². The summed E-state index contributed by atoms with van der Waals surface area (Å²) >= 11 is 0. The molecule has 32 heavy (non-hydrogen) atoms. The number of hydrogen-bond donors (Lipinski definition) is 0. The molecule has 0 aromatic heterocycles. The second-order valence-electron chi connectivity index (χ2n) is 8.95. The van der Waals surface area contributed by atoms with Crippen molar-refractivity contribution in [1.82, 2.24) is 0 Å². The smallest absolute Gasteiger partial charge is 0.0367 e. The average molecular weight is 407 g/mol. The SMILES string of the molecule is Cc1ccc2ccccc2c1C1c2c(ccc3ccccc23)-c2cccc3cccc1c23. The van der Waals surface area contributed by atoms with Crippen LogP contribution in [-0.4, -0.2) is 0 Å². The van der Waals surface area contributed by atoms with Gasteiger partial charge in [-0.1, -0.05) is 109 Å². The molecule has 6 aromatic carbocycles. The third kappa shape index (κ3) is 2.32. The Balaban J connectivity index is 1.73. The maximum absolute atomic E-state index is 2.35. The van der Waals surface area contributed by atoms with Gasteiger partial charge in [0.1, 0.15) is 0 Å². The predicted octanol–water partition coefficient (Wildman–Crippen LogP) is 8.62. The van der Waals surface area contributed by atoms with Gasteiger partial charge in [0.05, 0.1) is 0 Å². The fourth-order valence-electron chi connectivity index (χ4n) is 5.92. The number of fused-ring (bicyclic) bond motifs is 5. The van der Waals surface area contributed by atoms with Crippen LogP contribution in [-0.2, 0) is 0 Å². The summed E-state index contributed by atoms with van der Waals surface area (Å²) in [5.41, 5.74) is 8.36. The van der Waals surface area contributed by atoms with Crippen molar-refractivity contribution in [3.8, 4) is 11.1 Å². The first-order chi connectivity index (χ1) is 15.8. The van der Waals surface area contributed by atoms with Crippen molar-refractivity contribution in [2.75, 3.05) is 0 Å². The van der Waals surface area contributed by atoms with E-state index in [4.69, 9.17) is 0 Å². The van der Waals surface area contributed by atoms with Gasteiger partial charge in [0.15, 0.2) is 0 Å². The Morgan fingerprint density at radius 1 is 0.469 bits per heavy atom. The Hall–Kier alpha value is -3.90. The van der Waals surface area contributed by atoms with Gasteiger partial charge in [-0.05, 0) is 72.6 Å². The van der Waals surface area contributed by atoms with E-state index in [0.717, 1.165) is 0 Å². The maximum atomic E-state index is 2.35. The molecule has 150 valence electrons. The van der Waals surface area contributed by atoms with Crippen LogP contribution in [0.2, 0.25) is 0 Å². The van der Waals surface area contributed by atoms with Crippen molar-refractivity contribution in [3.63, 3.8) is 0 Å². The Bertz CT molecular complexity index is 1680. The Morgan fingerprint density at radius 3 is 1.88 bits per heavy atom. The van der Waals surface area contributed by atoms with E-state index in [2.05, 4.69) is 116 Å². The predicted molar refractivity (Wildman–Crippen MR) is 137 cm³/mol. The van der Waals surface area contributed by atoms with Crippen LogP contribution in [0, 0.1) is 6.92 Å². The Morgan fingerprint density at radius 2 is 1.09 bits per heavy atom. The number of rotatable bonds is 1. The summed E-state index contributed by atoms with van der Waals surface area (Å²) in [4.78, 5) is 0. The van der Waals surface area contributed by atoms with E-state index in [-0.39, 0.29) is 5.92 Å². The van der Waals surface area contributed by atoms with Crippen molar-refractivity contribution >= 4 is 32.3 Å². The summed E-state index contributed by atoms with van der Waals surface area (Å²) in [5, 5.41) is 8.04. The van der Waals surface area contributed by atoms with Gasteiger partial charge in [-0.2, -0.15) is 0 Å². The molecule has 0 heterocycles. The minimum absolute atomic E-state index is 0.195.